The Morgan fingerprint density at radius 3 is 3.07 bits per heavy atom. The molecule has 0 aromatic heterocycles. The molecule has 0 saturated carbocycles. The fraction of sp³-hybridized carbons (Fsp3) is 0.400. The van der Waals surface area contributed by atoms with Crippen LogP contribution in [0.3, 0.4) is 0 Å². The number of nitrogens with zero attached hydrogens (tertiary/aromatic N) is 1. The third-order valence-electron chi connectivity index (χ3n) is 2.47. The van der Waals surface area contributed by atoms with Gasteiger partial charge in [0, 0.05) is 32.5 Å². The predicted octanol–water partition coefficient (Wildman–Crippen LogP) is -0.0909. The van der Waals surface area contributed by atoms with E-state index in [1.165, 1.54) is 5.57 Å². The molecule has 4 nitrogen and oxygen atoms in total. The third kappa shape index (κ3) is 1.75. The molecule has 0 bridgehead atoms. The van der Waals surface area contributed by atoms with Crippen LogP contribution in [0.4, 0.5) is 0 Å². The molecule has 14 heavy (non-hydrogen) atoms. The number of likely N-dealkylation sites (N-methyl/N-ethyl adjacent to an activating group) is 1. The highest BCUT2D eigenvalue weighted by Gasteiger charge is 2.17. The first kappa shape index (κ1) is 9.15. The maximum atomic E-state index is 3.31. The summed E-state index contributed by atoms with van der Waals surface area (Å²) in [4.78, 5) is 0. The van der Waals surface area contributed by atoms with Crippen LogP contribution in [0.5, 0.6) is 0 Å². The molecule has 0 spiro atoms. The lowest BCUT2D eigenvalue weighted by atomic mass is 10.1. The zero-order valence-electron chi connectivity index (χ0n) is 8.54. The molecule has 0 amide bonds. The van der Waals surface area contributed by atoms with E-state index in [9.17, 15) is 0 Å². The van der Waals surface area contributed by atoms with Crippen molar-refractivity contribution >= 4 is 0 Å². The number of hydrogen-bond acceptors (Lipinski definition) is 4. The second-order valence-electron chi connectivity index (χ2n) is 3.50. The quantitative estimate of drug-likeness (QED) is 0.572. The lowest BCUT2D eigenvalue weighted by Gasteiger charge is -2.19. The monoisotopic (exact) mass is 192 g/mol. The van der Waals surface area contributed by atoms with Crippen LogP contribution in [0.15, 0.2) is 35.8 Å². The molecule has 2 heterocycles. The molecule has 3 N–H and O–H groups in total. The van der Waals surface area contributed by atoms with Gasteiger partial charge >= 0.3 is 0 Å². The second-order valence-corrected chi connectivity index (χ2v) is 3.50. The molecule has 2 rings (SSSR count). The van der Waals surface area contributed by atoms with Crippen LogP contribution >= 0.6 is 0 Å². The Bertz CT molecular complexity index is 303. The maximum absolute atomic E-state index is 3.31. The molecule has 4 heteroatoms. The summed E-state index contributed by atoms with van der Waals surface area (Å²) in [5.41, 5.74) is 5.73. The topological polar surface area (TPSA) is 39.3 Å². The SMILES string of the molecule is CNC1=CC(C2=CN(C)NC2)NC=C1. The van der Waals surface area contributed by atoms with Crippen molar-refractivity contribution in [3.8, 4) is 0 Å². The van der Waals surface area contributed by atoms with E-state index in [4.69, 9.17) is 0 Å². The lowest BCUT2D eigenvalue weighted by Crippen LogP contribution is -2.31. The highest BCUT2D eigenvalue weighted by Crippen LogP contribution is 2.13. The van der Waals surface area contributed by atoms with Crippen LogP contribution in [0.2, 0.25) is 0 Å². The molecule has 2 aliphatic rings. The first-order valence-corrected chi connectivity index (χ1v) is 4.78. The van der Waals surface area contributed by atoms with Crippen LogP contribution in [0.25, 0.3) is 0 Å². The summed E-state index contributed by atoms with van der Waals surface area (Å²) in [7, 11) is 3.94. The minimum atomic E-state index is 0.305. The van der Waals surface area contributed by atoms with E-state index < -0.39 is 0 Å². The van der Waals surface area contributed by atoms with Crippen LogP contribution in [-0.4, -0.2) is 31.7 Å². The number of rotatable bonds is 2. The summed E-state index contributed by atoms with van der Waals surface area (Å²) in [6.07, 6.45) is 8.33. The van der Waals surface area contributed by atoms with Crippen molar-refractivity contribution in [3.63, 3.8) is 0 Å². The number of dihydropyridines is 1. The third-order valence-corrected chi connectivity index (χ3v) is 2.47. The Balaban J connectivity index is 2.09. The van der Waals surface area contributed by atoms with Crippen molar-refractivity contribution < 1.29 is 0 Å². The number of nitrogens with one attached hydrogen (secondary N) is 3. The highest BCUT2D eigenvalue weighted by molar-refractivity contribution is 5.31. The molecule has 76 valence electrons. The minimum Gasteiger partial charge on any atom is -0.388 e. The van der Waals surface area contributed by atoms with Gasteiger partial charge in [-0.2, -0.15) is 0 Å². The predicted molar refractivity (Wildman–Crippen MR) is 57.1 cm³/mol. The van der Waals surface area contributed by atoms with Crippen molar-refractivity contribution in [2.75, 3.05) is 20.6 Å². The summed E-state index contributed by atoms with van der Waals surface area (Å²) in [6, 6.07) is 0.305. The Hall–Kier alpha value is -1.42. The fourth-order valence-corrected chi connectivity index (χ4v) is 1.65. The average Bonchev–Trinajstić information content (AvgIpc) is 2.65. The van der Waals surface area contributed by atoms with Crippen molar-refractivity contribution in [2.45, 2.75) is 6.04 Å². The van der Waals surface area contributed by atoms with Crippen LogP contribution in [-0.2, 0) is 0 Å². The van der Waals surface area contributed by atoms with Gasteiger partial charge < -0.3 is 15.6 Å². The molecule has 0 fully saturated rings. The molecule has 1 unspecified atom stereocenters. The van der Waals surface area contributed by atoms with E-state index in [1.807, 2.05) is 31.4 Å². The van der Waals surface area contributed by atoms with Gasteiger partial charge in [-0.25, -0.2) is 5.43 Å². The van der Waals surface area contributed by atoms with Crippen molar-refractivity contribution in [3.05, 3.63) is 35.8 Å². The van der Waals surface area contributed by atoms with E-state index in [1.54, 1.807) is 0 Å². The Labute approximate surface area is 84.3 Å². The first-order chi connectivity index (χ1) is 6.79. The maximum Gasteiger partial charge on any atom is 0.0705 e. The lowest BCUT2D eigenvalue weighted by molar-refractivity contribution is 0.373. The van der Waals surface area contributed by atoms with Gasteiger partial charge in [0.25, 0.3) is 0 Å². The van der Waals surface area contributed by atoms with Gasteiger partial charge in [0.15, 0.2) is 0 Å². The summed E-state index contributed by atoms with van der Waals surface area (Å²) in [6.45, 7) is 0.912. The van der Waals surface area contributed by atoms with E-state index in [0.717, 1.165) is 12.2 Å². The minimum absolute atomic E-state index is 0.305. The Kier molecular flexibility index (Phi) is 2.45. The van der Waals surface area contributed by atoms with Crippen LogP contribution < -0.4 is 16.1 Å². The molecule has 2 aliphatic heterocycles. The van der Waals surface area contributed by atoms with E-state index in [-0.39, 0.29) is 0 Å². The van der Waals surface area contributed by atoms with Gasteiger partial charge in [-0.05, 0) is 23.9 Å². The average molecular weight is 192 g/mol. The second kappa shape index (κ2) is 3.75. The number of hydrogen-bond donors (Lipinski definition) is 3. The zero-order valence-corrected chi connectivity index (χ0v) is 8.54. The first-order valence-electron chi connectivity index (χ1n) is 4.78. The van der Waals surface area contributed by atoms with Crippen molar-refractivity contribution in [1.82, 2.24) is 21.1 Å². The van der Waals surface area contributed by atoms with E-state index >= 15 is 0 Å². The van der Waals surface area contributed by atoms with E-state index in [2.05, 4.69) is 28.3 Å². The number of allylic oxidation sites excluding steroid dienone is 1. The molecule has 1 atom stereocenters. The molecular weight excluding hydrogens is 176 g/mol. The van der Waals surface area contributed by atoms with Gasteiger partial charge in [0.05, 0.1) is 6.04 Å². The Morgan fingerprint density at radius 1 is 1.57 bits per heavy atom. The zero-order chi connectivity index (χ0) is 9.97. The smallest absolute Gasteiger partial charge is 0.0705 e. The van der Waals surface area contributed by atoms with Gasteiger partial charge in [0.2, 0.25) is 0 Å². The van der Waals surface area contributed by atoms with Gasteiger partial charge in [-0.3, -0.25) is 0 Å². The van der Waals surface area contributed by atoms with Gasteiger partial charge in [0.1, 0.15) is 0 Å². The largest absolute Gasteiger partial charge is 0.388 e. The molecule has 0 saturated heterocycles. The molecule has 0 aliphatic carbocycles. The van der Waals surface area contributed by atoms with Crippen molar-refractivity contribution in [2.24, 2.45) is 0 Å². The molecular formula is C10H16N4. The van der Waals surface area contributed by atoms with Crippen LogP contribution in [0, 0.1) is 0 Å². The molecule has 0 aromatic rings. The Morgan fingerprint density at radius 2 is 2.43 bits per heavy atom. The highest BCUT2D eigenvalue weighted by atomic mass is 15.5. The standard InChI is InChI=1S/C10H16N4/c1-11-9-3-4-12-10(5-9)8-6-13-14(2)7-8/h3-5,7,10-13H,6H2,1-2H3. The molecule has 0 radical (unpaired) electrons. The number of hydrazine groups is 1. The summed E-state index contributed by atoms with van der Waals surface area (Å²) in [5, 5.41) is 8.44. The normalized spacial score (nSPS) is 25.6. The molecule has 0 aromatic carbocycles. The van der Waals surface area contributed by atoms with Gasteiger partial charge in [-0.1, -0.05) is 0 Å². The summed E-state index contributed by atoms with van der Waals surface area (Å²) < 4.78 is 0. The summed E-state index contributed by atoms with van der Waals surface area (Å²) >= 11 is 0. The van der Waals surface area contributed by atoms with Crippen molar-refractivity contribution in [1.29, 1.82) is 0 Å². The summed E-state index contributed by atoms with van der Waals surface area (Å²) in [5.74, 6) is 0. The fourth-order valence-electron chi connectivity index (χ4n) is 1.65. The van der Waals surface area contributed by atoms with Crippen LogP contribution in [0.1, 0.15) is 0 Å². The van der Waals surface area contributed by atoms with E-state index in [0.29, 0.717) is 6.04 Å². The van der Waals surface area contributed by atoms with Gasteiger partial charge in [-0.15, -0.1) is 0 Å².